The van der Waals surface area contributed by atoms with Gasteiger partial charge in [-0.2, -0.15) is 0 Å². The highest BCUT2D eigenvalue weighted by molar-refractivity contribution is 5.56. The number of imidazole rings is 1. The standard InChI is InChI=1S/C17H26N4/c1-17(2,3)13-7-10-20(11-8-13)16-14(12-18)21-9-5-4-6-15(21)19-16/h4-6,9,13H,7-8,10-12,18H2,1-3H3. The zero-order chi connectivity index (χ0) is 15.0. The monoisotopic (exact) mass is 286 g/mol. The van der Waals surface area contributed by atoms with E-state index in [1.54, 1.807) is 0 Å². The number of hydrogen-bond acceptors (Lipinski definition) is 3. The molecule has 1 aliphatic rings. The highest BCUT2D eigenvalue weighted by Gasteiger charge is 2.30. The number of pyridine rings is 1. The van der Waals surface area contributed by atoms with Gasteiger partial charge in [-0.3, -0.25) is 0 Å². The van der Waals surface area contributed by atoms with Crippen molar-refractivity contribution in [3.8, 4) is 0 Å². The number of hydrogen-bond donors (Lipinski definition) is 1. The van der Waals surface area contributed by atoms with E-state index in [1.807, 2.05) is 18.2 Å². The Bertz CT molecular complexity index is 615. The molecule has 2 N–H and O–H groups in total. The molecule has 0 radical (unpaired) electrons. The quantitative estimate of drug-likeness (QED) is 0.923. The minimum Gasteiger partial charge on any atom is -0.355 e. The van der Waals surface area contributed by atoms with Crippen molar-refractivity contribution in [2.75, 3.05) is 18.0 Å². The largest absolute Gasteiger partial charge is 0.355 e. The molecule has 4 heteroatoms. The lowest BCUT2D eigenvalue weighted by Gasteiger charge is -2.39. The first-order valence-electron chi connectivity index (χ1n) is 7.91. The summed E-state index contributed by atoms with van der Waals surface area (Å²) in [5, 5.41) is 0. The van der Waals surface area contributed by atoms with Crippen LogP contribution in [0.25, 0.3) is 5.65 Å². The summed E-state index contributed by atoms with van der Waals surface area (Å²) in [6, 6.07) is 6.10. The normalized spacial score (nSPS) is 17.6. The minimum atomic E-state index is 0.404. The highest BCUT2D eigenvalue weighted by atomic mass is 15.2. The molecule has 3 rings (SSSR count). The summed E-state index contributed by atoms with van der Waals surface area (Å²) in [4.78, 5) is 7.22. The number of nitrogens with zero attached hydrogens (tertiary/aromatic N) is 3. The molecule has 1 saturated heterocycles. The molecule has 0 unspecified atom stereocenters. The van der Waals surface area contributed by atoms with Gasteiger partial charge in [0.05, 0.1) is 5.69 Å². The predicted octanol–water partition coefficient (Wildman–Crippen LogP) is 3.06. The number of nitrogens with two attached hydrogens (primary N) is 1. The molecular formula is C17H26N4. The lowest BCUT2D eigenvalue weighted by atomic mass is 9.75. The summed E-state index contributed by atoms with van der Waals surface area (Å²) in [6.45, 7) is 9.74. The molecule has 0 aromatic carbocycles. The van der Waals surface area contributed by atoms with Crippen LogP contribution in [-0.4, -0.2) is 22.5 Å². The van der Waals surface area contributed by atoms with Crippen molar-refractivity contribution >= 4 is 11.5 Å². The second-order valence-corrected chi connectivity index (χ2v) is 7.14. The van der Waals surface area contributed by atoms with E-state index in [9.17, 15) is 0 Å². The van der Waals surface area contributed by atoms with Gasteiger partial charge in [0.15, 0.2) is 5.82 Å². The van der Waals surface area contributed by atoms with Gasteiger partial charge >= 0.3 is 0 Å². The Labute approximate surface area is 127 Å². The third kappa shape index (κ3) is 2.64. The van der Waals surface area contributed by atoms with Gasteiger partial charge in [-0.05, 0) is 36.3 Å². The summed E-state index contributed by atoms with van der Waals surface area (Å²) in [5.41, 5.74) is 8.50. The molecule has 0 bridgehead atoms. The summed E-state index contributed by atoms with van der Waals surface area (Å²) >= 11 is 0. The average Bonchev–Trinajstić information content (AvgIpc) is 2.85. The molecule has 2 aromatic rings. The highest BCUT2D eigenvalue weighted by Crippen LogP contribution is 2.36. The molecule has 0 saturated carbocycles. The van der Waals surface area contributed by atoms with E-state index in [0.717, 1.165) is 36.2 Å². The summed E-state index contributed by atoms with van der Waals surface area (Å²) in [5.74, 6) is 1.88. The molecule has 4 nitrogen and oxygen atoms in total. The molecule has 2 aromatic heterocycles. The first-order chi connectivity index (χ1) is 10.0. The molecule has 0 aliphatic carbocycles. The first-order valence-corrected chi connectivity index (χ1v) is 7.91. The molecule has 1 fully saturated rings. The van der Waals surface area contributed by atoms with Crippen molar-refractivity contribution in [3.05, 3.63) is 30.1 Å². The number of fused-ring (bicyclic) bond motifs is 1. The Hall–Kier alpha value is -1.55. The second kappa shape index (κ2) is 5.34. The third-order valence-corrected chi connectivity index (χ3v) is 4.82. The molecule has 1 aliphatic heterocycles. The van der Waals surface area contributed by atoms with Gasteiger partial charge in [-0.25, -0.2) is 4.98 Å². The third-order valence-electron chi connectivity index (χ3n) is 4.82. The minimum absolute atomic E-state index is 0.404. The fourth-order valence-electron chi connectivity index (χ4n) is 3.43. The van der Waals surface area contributed by atoms with E-state index in [0.29, 0.717) is 12.0 Å². The van der Waals surface area contributed by atoms with Gasteiger partial charge in [0.2, 0.25) is 0 Å². The van der Waals surface area contributed by atoms with Crippen LogP contribution in [0.1, 0.15) is 39.3 Å². The Morgan fingerprint density at radius 3 is 2.57 bits per heavy atom. The Morgan fingerprint density at radius 1 is 1.24 bits per heavy atom. The van der Waals surface area contributed by atoms with E-state index < -0.39 is 0 Å². The molecule has 0 spiro atoms. The first kappa shape index (κ1) is 14.4. The maximum atomic E-state index is 5.98. The number of rotatable bonds is 2. The number of piperidine rings is 1. The van der Waals surface area contributed by atoms with E-state index in [2.05, 4.69) is 36.3 Å². The molecule has 3 heterocycles. The van der Waals surface area contributed by atoms with Crippen LogP contribution in [0.5, 0.6) is 0 Å². The van der Waals surface area contributed by atoms with Crippen LogP contribution in [0.15, 0.2) is 24.4 Å². The van der Waals surface area contributed by atoms with Crippen LogP contribution >= 0.6 is 0 Å². The fourth-order valence-corrected chi connectivity index (χ4v) is 3.43. The van der Waals surface area contributed by atoms with Crippen molar-refractivity contribution in [1.29, 1.82) is 0 Å². The Kier molecular flexibility index (Phi) is 3.66. The van der Waals surface area contributed by atoms with Crippen molar-refractivity contribution in [3.63, 3.8) is 0 Å². The topological polar surface area (TPSA) is 46.6 Å². The van der Waals surface area contributed by atoms with Crippen molar-refractivity contribution in [2.24, 2.45) is 17.1 Å². The van der Waals surface area contributed by atoms with E-state index in [4.69, 9.17) is 10.7 Å². The predicted molar refractivity (Wildman–Crippen MR) is 87.5 cm³/mol. The zero-order valence-electron chi connectivity index (χ0n) is 13.3. The number of aromatic nitrogens is 2. The van der Waals surface area contributed by atoms with Crippen molar-refractivity contribution in [2.45, 2.75) is 40.2 Å². The van der Waals surface area contributed by atoms with Crippen LogP contribution in [0.3, 0.4) is 0 Å². The van der Waals surface area contributed by atoms with Crippen molar-refractivity contribution in [1.82, 2.24) is 9.38 Å². The van der Waals surface area contributed by atoms with Gasteiger partial charge < -0.3 is 15.0 Å². The van der Waals surface area contributed by atoms with Crippen LogP contribution < -0.4 is 10.6 Å². The maximum Gasteiger partial charge on any atom is 0.152 e. The van der Waals surface area contributed by atoms with Gasteiger partial charge in [0.1, 0.15) is 5.65 Å². The summed E-state index contributed by atoms with van der Waals surface area (Å²) in [6.07, 6.45) is 4.53. The van der Waals surface area contributed by atoms with E-state index >= 15 is 0 Å². The van der Waals surface area contributed by atoms with Crippen LogP contribution in [0.4, 0.5) is 5.82 Å². The summed E-state index contributed by atoms with van der Waals surface area (Å²) in [7, 11) is 0. The van der Waals surface area contributed by atoms with Gasteiger partial charge in [-0.1, -0.05) is 26.8 Å². The molecular weight excluding hydrogens is 260 g/mol. The lowest BCUT2D eigenvalue weighted by molar-refractivity contribution is 0.198. The molecule has 0 amide bonds. The SMILES string of the molecule is CC(C)(C)C1CCN(c2nc3ccccn3c2CN)CC1. The second-order valence-electron chi connectivity index (χ2n) is 7.14. The van der Waals surface area contributed by atoms with Gasteiger partial charge in [-0.15, -0.1) is 0 Å². The lowest BCUT2D eigenvalue weighted by Crippen LogP contribution is -2.38. The molecule has 21 heavy (non-hydrogen) atoms. The Balaban J connectivity index is 1.85. The number of anilines is 1. The van der Waals surface area contributed by atoms with Crippen molar-refractivity contribution < 1.29 is 0 Å². The zero-order valence-corrected chi connectivity index (χ0v) is 13.3. The van der Waals surface area contributed by atoms with Crippen LogP contribution in [0.2, 0.25) is 0 Å². The maximum absolute atomic E-state index is 5.98. The van der Waals surface area contributed by atoms with Gasteiger partial charge in [0, 0.05) is 25.8 Å². The van der Waals surface area contributed by atoms with E-state index in [-0.39, 0.29) is 0 Å². The average molecular weight is 286 g/mol. The molecule has 0 atom stereocenters. The smallest absolute Gasteiger partial charge is 0.152 e. The van der Waals surface area contributed by atoms with Crippen LogP contribution in [0, 0.1) is 11.3 Å². The fraction of sp³-hybridized carbons (Fsp3) is 0.588. The summed E-state index contributed by atoms with van der Waals surface area (Å²) < 4.78 is 2.12. The van der Waals surface area contributed by atoms with Crippen LogP contribution in [-0.2, 0) is 6.54 Å². The molecule has 114 valence electrons. The van der Waals surface area contributed by atoms with Gasteiger partial charge in [0.25, 0.3) is 0 Å². The Morgan fingerprint density at radius 2 is 1.95 bits per heavy atom. The van der Waals surface area contributed by atoms with E-state index in [1.165, 1.54) is 12.8 Å².